The Morgan fingerprint density at radius 3 is 2.42 bits per heavy atom. The van der Waals surface area contributed by atoms with Crippen LogP contribution in [0.25, 0.3) is 5.57 Å². The average molecular weight is 687 g/mol. The smallest absolute Gasteiger partial charge is 0.340 e. The van der Waals surface area contributed by atoms with Gasteiger partial charge in [-0.25, -0.2) is 4.79 Å². The van der Waals surface area contributed by atoms with E-state index in [-0.39, 0.29) is 53.4 Å². The van der Waals surface area contributed by atoms with Crippen LogP contribution in [-0.2, 0) is 23.7 Å². The van der Waals surface area contributed by atoms with E-state index in [1.807, 2.05) is 37.3 Å². The fraction of sp³-hybridized carbons (Fsp3) is 0.600. The summed E-state index contributed by atoms with van der Waals surface area (Å²) in [7, 11) is 5.06. The molecular formula is C40H50N2O8. The number of carbonyl (C=O) groups excluding carboxylic acids is 2. The molecule has 0 radical (unpaired) electrons. The number of nitrogens with one attached hydrogen (secondary N) is 1. The number of aliphatic hydroxyl groups is 2. The number of methoxy groups -OCH3 is 3. The van der Waals surface area contributed by atoms with Gasteiger partial charge in [-0.2, -0.15) is 0 Å². The molecule has 268 valence electrons. The summed E-state index contributed by atoms with van der Waals surface area (Å²) in [6.07, 6.45) is 3.30. The summed E-state index contributed by atoms with van der Waals surface area (Å²) >= 11 is 0. The van der Waals surface area contributed by atoms with Crippen LogP contribution in [0.15, 0.2) is 60.7 Å². The molecule has 0 aromatic heterocycles. The lowest BCUT2D eigenvalue weighted by Crippen LogP contribution is -2.83. The molecule has 6 aliphatic rings. The van der Waals surface area contributed by atoms with E-state index >= 15 is 0 Å². The summed E-state index contributed by atoms with van der Waals surface area (Å²) in [5.41, 5.74) is -2.01. The summed E-state index contributed by atoms with van der Waals surface area (Å²) in [6, 6.07) is 16.6. The first-order valence-corrected chi connectivity index (χ1v) is 18.2. The SMILES string of the molecule is CCN1C[C@]2(OC(=O)c3ccccc3NC(=O)/C=C(\C)c3ccccc3)CC[C@H](OC)[C@]34C1[C@@H](C[C@H]23)[C@@]1(O)C[C@H](OC)[C@H]2C[C@@H]4[C@]1(O)[C@H]2OC. The van der Waals surface area contributed by atoms with E-state index in [2.05, 4.69) is 17.1 Å². The number of piperidine rings is 1. The van der Waals surface area contributed by atoms with Gasteiger partial charge in [-0.1, -0.05) is 49.4 Å². The summed E-state index contributed by atoms with van der Waals surface area (Å²) in [5.74, 6) is -1.73. The van der Waals surface area contributed by atoms with Crippen molar-refractivity contribution in [3.05, 3.63) is 71.8 Å². The molecule has 12 atom stereocenters. The Labute approximate surface area is 294 Å². The molecule has 3 N–H and O–H groups in total. The number of esters is 1. The number of amides is 1. The molecule has 1 heterocycles. The lowest BCUT2D eigenvalue weighted by molar-refractivity contribution is -0.337. The fourth-order valence-corrected chi connectivity index (χ4v) is 12.6. The highest BCUT2D eigenvalue weighted by atomic mass is 16.6. The number of allylic oxidation sites excluding steroid dienone is 1. The molecule has 1 amide bonds. The van der Waals surface area contributed by atoms with Gasteiger partial charge in [-0.3, -0.25) is 9.69 Å². The normalized spacial score (nSPS) is 42.7. The number of rotatable bonds is 9. The van der Waals surface area contributed by atoms with Gasteiger partial charge < -0.3 is 34.5 Å². The Balaban J connectivity index is 1.17. The van der Waals surface area contributed by atoms with Crippen molar-refractivity contribution in [1.82, 2.24) is 4.90 Å². The Kier molecular flexibility index (Phi) is 8.14. The molecule has 5 aliphatic carbocycles. The van der Waals surface area contributed by atoms with E-state index in [4.69, 9.17) is 18.9 Å². The van der Waals surface area contributed by atoms with Crippen molar-refractivity contribution in [3.63, 3.8) is 0 Å². The van der Waals surface area contributed by atoms with Crippen molar-refractivity contribution in [2.24, 2.45) is 29.1 Å². The van der Waals surface area contributed by atoms with E-state index < -0.39 is 34.3 Å². The molecule has 1 spiro atoms. The summed E-state index contributed by atoms with van der Waals surface area (Å²) in [4.78, 5) is 30.1. The minimum absolute atomic E-state index is 0.0667. The second kappa shape index (κ2) is 12.0. The highest BCUT2D eigenvalue weighted by Crippen LogP contribution is 2.79. The topological polar surface area (TPSA) is 127 Å². The number of anilines is 1. The van der Waals surface area contributed by atoms with Gasteiger partial charge in [-0.15, -0.1) is 0 Å². The third-order valence-corrected chi connectivity index (χ3v) is 14.2. The van der Waals surface area contributed by atoms with E-state index in [0.29, 0.717) is 50.9 Å². The van der Waals surface area contributed by atoms with Gasteiger partial charge in [0, 0.05) is 75.5 Å². The third kappa shape index (κ3) is 4.29. The number of hydrogen-bond donors (Lipinski definition) is 3. The zero-order valence-corrected chi connectivity index (χ0v) is 29.6. The van der Waals surface area contributed by atoms with Gasteiger partial charge in [0.05, 0.1) is 29.6 Å². The van der Waals surface area contributed by atoms with Crippen LogP contribution in [0.2, 0.25) is 0 Å². The molecular weight excluding hydrogens is 636 g/mol. The van der Waals surface area contributed by atoms with Gasteiger partial charge in [-0.05, 0) is 62.4 Å². The van der Waals surface area contributed by atoms with Crippen LogP contribution in [0.1, 0.15) is 61.9 Å². The van der Waals surface area contributed by atoms with Crippen molar-refractivity contribution < 1.29 is 38.7 Å². The fourth-order valence-electron chi connectivity index (χ4n) is 12.6. The molecule has 6 fully saturated rings. The Hall–Kier alpha value is -3.12. The lowest BCUT2D eigenvalue weighted by atomic mass is 9.44. The standard InChI is InChI=1S/C40H50N2O8/c1-6-42-22-37(50-36(44)25-14-10-11-15-28(25)41-33(43)18-23(2)24-12-8-7-9-13-24)17-16-32(48-4)39-30(37)20-27(34(39)42)38(45)21-29(47-3)26-19-31(39)40(38,46)35(26)49-5/h7-15,18,26-27,29-32,34-35,45-46H,6,16-17,19-22H2,1-5H3,(H,41,43)/b23-18+/t26-,27-,29+,30-,31+,32+,34?,35+,37-,38+,39+,40+/m1/s1. The minimum atomic E-state index is -1.50. The van der Waals surface area contributed by atoms with E-state index in [1.165, 1.54) is 6.08 Å². The Morgan fingerprint density at radius 1 is 0.980 bits per heavy atom. The van der Waals surface area contributed by atoms with Crippen LogP contribution >= 0.6 is 0 Å². The predicted octanol–water partition coefficient (Wildman–Crippen LogP) is 4.31. The molecule has 2 aromatic carbocycles. The van der Waals surface area contributed by atoms with Crippen LogP contribution in [0.5, 0.6) is 0 Å². The molecule has 7 bridgehead atoms. The second-order valence-electron chi connectivity index (χ2n) is 15.7. The highest BCUT2D eigenvalue weighted by Gasteiger charge is 2.89. The maximum Gasteiger partial charge on any atom is 0.340 e. The number of ether oxygens (including phenoxy) is 4. The van der Waals surface area contributed by atoms with Gasteiger partial charge in [0.2, 0.25) is 5.91 Å². The first-order valence-electron chi connectivity index (χ1n) is 18.2. The van der Waals surface area contributed by atoms with Crippen molar-refractivity contribution in [2.45, 2.75) is 87.1 Å². The van der Waals surface area contributed by atoms with E-state index in [0.717, 1.165) is 11.1 Å². The average Bonchev–Trinajstić information content (AvgIpc) is 3.55. The van der Waals surface area contributed by atoms with E-state index in [9.17, 15) is 19.8 Å². The molecule has 5 saturated carbocycles. The minimum Gasteiger partial charge on any atom is -0.454 e. The number of likely N-dealkylation sites (tertiary alicyclic amines) is 1. The van der Waals surface area contributed by atoms with Crippen molar-refractivity contribution in [3.8, 4) is 0 Å². The molecule has 2 aromatic rings. The molecule has 1 aliphatic heterocycles. The number of fused-ring (bicyclic) bond motifs is 2. The van der Waals surface area contributed by atoms with Crippen LogP contribution < -0.4 is 5.32 Å². The van der Waals surface area contributed by atoms with Gasteiger partial charge >= 0.3 is 5.97 Å². The van der Waals surface area contributed by atoms with E-state index in [1.54, 1.807) is 45.6 Å². The predicted molar refractivity (Wildman–Crippen MR) is 186 cm³/mol. The van der Waals surface area contributed by atoms with Crippen molar-refractivity contribution in [1.29, 1.82) is 0 Å². The number of benzene rings is 2. The number of nitrogens with zero attached hydrogens (tertiary/aromatic N) is 1. The summed E-state index contributed by atoms with van der Waals surface area (Å²) < 4.78 is 25.3. The second-order valence-corrected chi connectivity index (χ2v) is 15.7. The monoisotopic (exact) mass is 686 g/mol. The number of likely N-dealkylation sites (N-methyl/N-ethyl adjacent to an activating group) is 1. The maximum atomic E-state index is 14.5. The third-order valence-electron chi connectivity index (χ3n) is 14.2. The van der Waals surface area contributed by atoms with Gasteiger partial charge in [0.25, 0.3) is 0 Å². The first kappa shape index (κ1) is 34.0. The first-order chi connectivity index (χ1) is 24.0. The van der Waals surface area contributed by atoms with Crippen molar-refractivity contribution >= 4 is 23.1 Å². The zero-order chi connectivity index (χ0) is 35.2. The summed E-state index contributed by atoms with van der Waals surface area (Å²) in [5, 5.41) is 28.9. The number of carbonyl (C=O) groups is 2. The van der Waals surface area contributed by atoms with Crippen molar-refractivity contribution in [2.75, 3.05) is 39.7 Å². The van der Waals surface area contributed by atoms with Crippen LogP contribution in [0.3, 0.4) is 0 Å². The maximum absolute atomic E-state index is 14.5. The lowest BCUT2D eigenvalue weighted by Gasteiger charge is -2.70. The van der Waals surface area contributed by atoms with Crippen LogP contribution in [0.4, 0.5) is 5.69 Å². The number of hydrogen-bond acceptors (Lipinski definition) is 9. The molecule has 1 saturated heterocycles. The largest absolute Gasteiger partial charge is 0.454 e. The van der Waals surface area contributed by atoms with Gasteiger partial charge in [0.1, 0.15) is 16.8 Å². The highest BCUT2D eigenvalue weighted by molar-refractivity contribution is 6.07. The molecule has 10 nitrogen and oxygen atoms in total. The van der Waals surface area contributed by atoms with Crippen LogP contribution in [-0.4, -0.2) is 103 Å². The molecule has 1 unspecified atom stereocenters. The summed E-state index contributed by atoms with van der Waals surface area (Å²) in [6.45, 7) is 5.22. The zero-order valence-electron chi connectivity index (χ0n) is 29.6. The van der Waals surface area contributed by atoms with Crippen LogP contribution in [0, 0.1) is 29.1 Å². The Morgan fingerprint density at radius 2 is 1.72 bits per heavy atom. The van der Waals surface area contributed by atoms with Gasteiger partial charge in [0.15, 0.2) is 0 Å². The molecule has 50 heavy (non-hydrogen) atoms. The Bertz CT molecular complexity index is 1700. The number of para-hydroxylation sites is 1. The quantitative estimate of drug-likeness (QED) is 0.262. The molecule has 10 heteroatoms. The molecule has 8 rings (SSSR count).